The highest BCUT2D eigenvalue weighted by atomic mass is 14.8. The predicted octanol–water partition coefficient (Wildman–Crippen LogP) is 2.18. The van der Waals surface area contributed by atoms with Crippen molar-refractivity contribution >= 4 is 0 Å². The number of nitrogens with zero attached hydrogens (tertiary/aromatic N) is 1. The zero-order valence-corrected chi connectivity index (χ0v) is 9.80. The lowest BCUT2D eigenvalue weighted by Gasteiger charge is -2.02. The summed E-state index contributed by atoms with van der Waals surface area (Å²) in [6, 6.07) is 2.13. The van der Waals surface area contributed by atoms with E-state index in [-0.39, 0.29) is 0 Å². The van der Waals surface area contributed by atoms with Crippen molar-refractivity contribution < 1.29 is 0 Å². The van der Waals surface area contributed by atoms with Crippen LogP contribution < -0.4 is 11.1 Å². The Morgan fingerprint density at radius 3 is 2.07 bits per heavy atom. The SMILES string of the molecule is N#CCCNCCCCCCCCCN. The van der Waals surface area contributed by atoms with Gasteiger partial charge in [0.1, 0.15) is 0 Å². The molecule has 0 aliphatic carbocycles. The summed E-state index contributed by atoms with van der Waals surface area (Å²) < 4.78 is 0. The Hall–Kier alpha value is -0.590. The molecule has 0 rings (SSSR count). The quantitative estimate of drug-likeness (QED) is 0.515. The molecule has 0 aromatic heterocycles. The summed E-state index contributed by atoms with van der Waals surface area (Å²) in [6.07, 6.45) is 9.65. The summed E-state index contributed by atoms with van der Waals surface area (Å²) >= 11 is 0. The number of hydrogen-bond donors (Lipinski definition) is 2. The van der Waals surface area contributed by atoms with E-state index in [1.807, 2.05) is 0 Å². The fraction of sp³-hybridized carbons (Fsp3) is 0.917. The van der Waals surface area contributed by atoms with E-state index in [9.17, 15) is 0 Å². The largest absolute Gasteiger partial charge is 0.330 e. The van der Waals surface area contributed by atoms with E-state index in [4.69, 9.17) is 11.0 Å². The normalized spacial score (nSPS) is 10.1. The Kier molecular flexibility index (Phi) is 12.9. The Bertz CT molecular complexity index is 151. The van der Waals surface area contributed by atoms with Crippen LogP contribution in [0.15, 0.2) is 0 Å². The van der Waals surface area contributed by atoms with Gasteiger partial charge < -0.3 is 11.1 Å². The van der Waals surface area contributed by atoms with Crippen LogP contribution in [0, 0.1) is 11.3 Å². The van der Waals surface area contributed by atoms with Crippen molar-refractivity contribution in [2.75, 3.05) is 19.6 Å². The highest BCUT2D eigenvalue weighted by molar-refractivity contribution is 4.69. The van der Waals surface area contributed by atoms with Gasteiger partial charge in [-0.25, -0.2) is 0 Å². The smallest absolute Gasteiger partial charge is 0.0635 e. The number of rotatable bonds is 11. The molecule has 0 heterocycles. The highest BCUT2D eigenvalue weighted by Crippen LogP contribution is 2.05. The first-order valence-corrected chi connectivity index (χ1v) is 6.19. The standard InChI is InChI=1S/C12H25N3/c13-9-6-4-2-1-3-5-7-11-15-12-8-10-14/h15H,1-9,11-13H2. The highest BCUT2D eigenvalue weighted by Gasteiger charge is 1.91. The van der Waals surface area contributed by atoms with Gasteiger partial charge in [-0.2, -0.15) is 5.26 Å². The molecule has 88 valence electrons. The summed E-state index contributed by atoms with van der Waals surface area (Å²) in [5.74, 6) is 0. The van der Waals surface area contributed by atoms with E-state index in [0.29, 0.717) is 6.42 Å². The summed E-state index contributed by atoms with van der Waals surface area (Å²) in [7, 11) is 0. The predicted molar refractivity (Wildman–Crippen MR) is 64.5 cm³/mol. The third-order valence-corrected chi connectivity index (χ3v) is 2.47. The Balaban J connectivity index is 2.84. The fourth-order valence-corrected chi connectivity index (χ4v) is 1.55. The minimum Gasteiger partial charge on any atom is -0.330 e. The van der Waals surface area contributed by atoms with Crippen molar-refractivity contribution in [3.05, 3.63) is 0 Å². The number of unbranched alkanes of at least 4 members (excludes halogenated alkanes) is 6. The minimum atomic E-state index is 0.624. The van der Waals surface area contributed by atoms with Gasteiger partial charge in [0.15, 0.2) is 0 Å². The molecule has 0 saturated carbocycles. The van der Waals surface area contributed by atoms with Crippen molar-refractivity contribution in [3.8, 4) is 6.07 Å². The monoisotopic (exact) mass is 211 g/mol. The van der Waals surface area contributed by atoms with E-state index < -0.39 is 0 Å². The summed E-state index contributed by atoms with van der Waals surface area (Å²) in [5, 5.41) is 11.6. The van der Waals surface area contributed by atoms with Gasteiger partial charge in [0, 0.05) is 13.0 Å². The molecule has 0 aromatic rings. The molecule has 15 heavy (non-hydrogen) atoms. The molecule has 0 radical (unpaired) electrons. The number of nitriles is 1. The van der Waals surface area contributed by atoms with Crippen molar-refractivity contribution in [1.29, 1.82) is 5.26 Å². The molecule has 0 unspecified atom stereocenters. The molecule has 0 aromatic carbocycles. The lowest BCUT2D eigenvalue weighted by atomic mass is 10.1. The van der Waals surface area contributed by atoms with Crippen LogP contribution in [0.25, 0.3) is 0 Å². The van der Waals surface area contributed by atoms with Crippen molar-refractivity contribution in [1.82, 2.24) is 5.32 Å². The average molecular weight is 211 g/mol. The summed E-state index contributed by atoms with van der Waals surface area (Å²) in [6.45, 7) is 2.74. The average Bonchev–Trinajstić information content (AvgIpc) is 2.26. The Labute approximate surface area is 94.0 Å². The third kappa shape index (κ3) is 13.4. The molecular weight excluding hydrogens is 186 g/mol. The minimum absolute atomic E-state index is 0.624. The third-order valence-electron chi connectivity index (χ3n) is 2.47. The van der Waals surface area contributed by atoms with Gasteiger partial charge in [-0.05, 0) is 25.9 Å². The van der Waals surface area contributed by atoms with Crippen LogP contribution in [0.2, 0.25) is 0 Å². The molecule has 3 heteroatoms. The zero-order valence-electron chi connectivity index (χ0n) is 9.80. The van der Waals surface area contributed by atoms with E-state index in [1.54, 1.807) is 0 Å². The zero-order chi connectivity index (χ0) is 11.2. The van der Waals surface area contributed by atoms with Crippen LogP contribution >= 0.6 is 0 Å². The van der Waals surface area contributed by atoms with E-state index in [0.717, 1.165) is 19.6 Å². The van der Waals surface area contributed by atoms with E-state index in [2.05, 4.69) is 11.4 Å². The molecule has 0 atom stereocenters. The van der Waals surface area contributed by atoms with Crippen LogP contribution in [-0.4, -0.2) is 19.6 Å². The maximum atomic E-state index is 8.31. The van der Waals surface area contributed by atoms with Gasteiger partial charge in [0.2, 0.25) is 0 Å². The van der Waals surface area contributed by atoms with Crippen LogP contribution in [0.5, 0.6) is 0 Å². The molecular formula is C12H25N3. The van der Waals surface area contributed by atoms with Crippen LogP contribution in [-0.2, 0) is 0 Å². The van der Waals surface area contributed by atoms with Gasteiger partial charge in [0.25, 0.3) is 0 Å². The fourth-order valence-electron chi connectivity index (χ4n) is 1.55. The van der Waals surface area contributed by atoms with Crippen molar-refractivity contribution in [2.24, 2.45) is 5.73 Å². The van der Waals surface area contributed by atoms with Crippen LogP contribution in [0.1, 0.15) is 51.4 Å². The van der Waals surface area contributed by atoms with Gasteiger partial charge in [-0.15, -0.1) is 0 Å². The lowest BCUT2D eigenvalue weighted by Crippen LogP contribution is -2.15. The lowest BCUT2D eigenvalue weighted by molar-refractivity contribution is 0.561. The molecule has 0 aliphatic rings. The topological polar surface area (TPSA) is 61.8 Å². The molecule has 0 spiro atoms. The van der Waals surface area contributed by atoms with Gasteiger partial charge in [0.05, 0.1) is 6.07 Å². The second-order valence-electron chi connectivity index (χ2n) is 3.92. The first-order chi connectivity index (χ1) is 7.41. The van der Waals surface area contributed by atoms with Gasteiger partial charge in [-0.1, -0.05) is 32.1 Å². The number of nitrogens with one attached hydrogen (secondary N) is 1. The molecule has 0 amide bonds. The van der Waals surface area contributed by atoms with E-state index >= 15 is 0 Å². The number of hydrogen-bond acceptors (Lipinski definition) is 3. The van der Waals surface area contributed by atoms with Gasteiger partial charge in [-0.3, -0.25) is 0 Å². The van der Waals surface area contributed by atoms with Gasteiger partial charge >= 0.3 is 0 Å². The maximum absolute atomic E-state index is 8.31. The summed E-state index contributed by atoms with van der Waals surface area (Å²) in [4.78, 5) is 0. The number of nitrogens with two attached hydrogens (primary N) is 1. The molecule has 0 aliphatic heterocycles. The van der Waals surface area contributed by atoms with Crippen molar-refractivity contribution in [3.63, 3.8) is 0 Å². The Morgan fingerprint density at radius 1 is 0.867 bits per heavy atom. The molecule has 0 bridgehead atoms. The maximum Gasteiger partial charge on any atom is 0.0635 e. The van der Waals surface area contributed by atoms with Crippen molar-refractivity contribution in [2.45, 2.75) is 51.4 Å². The first-order valence-electron chi connectivity index (χ1n) is 6.19. The molecule has 0 saturated heterocycles. The first kappa shape index (κ1) is 14.4. The summed E-state index contributed by atoms with van der Waals surface area (Å²) in [5.41, 5.74) is 5.42. The molecule has 3 nitrogen and oxygen atoms in total. The van der Waals surface area contributed by atoms with E-state index in [1.165, 1.54) is 44.9 Å². The van der Waals surface area contributed by atoms with Crippen LogP contribution in [0.4, 0.5) is 0 Å². The molecule has 0 fully saturated rings. The second-order valence-corrected chi connectivity index (χ2v) is 3.92. The second kappa shape index (κ2) is 13.4. The van der Waals surface area contributed by atoms with Crippen LogP contribution in [0.3, 0.4) is 0 Å². The molecule has 3 N–H and O–H groups in total. The Morgan fingerprint density at radius 2 is 1.47 bits per heavy atom.